The normalized spacial score (nSPS) is 10.5. The molecule has 0 aliphatic rings. The van der Waals surface area contributed by atoms with E-state index in [4.69, 9.17) is 14.2 Å². The molecule has 0 spiro atoms. The molecule has 0 bridgehead atoms. The van der Waals surface area contributed by atoms with Crippen molar-refractivity contribution in [2.45, 2.75) is 20.0 Å². The van der Waals surface area contributed by atoms with Crippen molar-refractivity contribution in [2.75, 3.05) is 32.2 Å². The van der Waals surface area contributed by atoms with Crippen molar-refractivity contribution in [3.63, 3.8) is 0 Å². The van der Waals surface area contributed by atoms with E-state index in [9.17, 15) is 4.79 Å². The molecule has 0 saturated heterocycles. The fourth-order valence-electron chi connectivity index (χ4n) is 1.39. The molecule has 0 fully saturated rings. The smallest absolute Gasteiger partial charge is 0.250 e. The van der Waals surface area contributed by atoms with Gasteiger partial charge in [-0.25, -0.2) is 0 Å². The van der Waals surface area contributed by atoms with Crippen LogP contribution < -0.4 is 10.1 Å². The van der Waals surface area contributed by atoms with Crippen LogP contribution in [0.3, 0.4) is 0 Å². The van der Waals surface area contributed by atoms with Gasteiger partial charge in [-0.3, -0.25) is 4.79 Å². The number of carbonyl (C=O) groups is 1. The number of methoxy groups -OCH3 is 1. The largest absolute Gasteiger partial charge is 0.491 e. The first-order chi connectivity index (χ1) is 9.11. The van der Waals surface area contributed by atoms with Gasteiger partial charge >= 0.3 is 0 Å². The van der Waals surface area contributed by atoms with E-state index < -0.39 is 0 Å². The summed E-state index contributed by atoms with van der Waals surface area (Å²) >= 11 is 0. The zero-order chi connectivity index (χ0) is 14.1. The third-order valence-corrected chi connectivity index (χ3v) is 2.17. The van der Waals surface area contributed by atoms with Crippen molar-refractivity contribution >= 4 is 11.6 Å². The molecule has 0 aliphatic heterocycles. The highest BCUT2D eigenvalue weighted by Gasteiger charge is 2.03. The third kappa shape index (κ3) is 6.79. The number of amides is 1. The van der Waals surface area contributed by atoms with E-state index in [0.717, 1.165) is 11.4 Å². The van der Waals surface area contributed by atoms with Crippen LogP contribution in [0.4, 0.5) is 5.69 Å². The van der Waals surface area contributed by atoms with Crippen molar-refractivity contribution in [2.24, 2.45) is 0 Å². The van der Waals surface area contributed by atoms with Gasteiger partial charge in [0, 0.05) is 12.8 Å². The molecule has 5 nitrogen and oxygen atoms in total. The fourth-order valence-corrected chi connectivity index (χ4v) is 1.39. The van der Waals surface area contributed by atoms with Gasteiger partial charge in [0.1, 0.15) is 12.4 Å². The summed E-state index contributed by atoms with van der Waals surface area (Å²) < 4.78 is 15.5. The second-order valence-electron chi connectivity index (χ2n) is 4.28. The van der Waals surface area contributed by atoms with Crippen molar-refractivity contribution < 1.29 is 19.0 Å². The minimum absolute atomic E-state index is 0.0214. The number of hydrogen-bond acceptors (Lipinski definition) is 4. The van der Waals surface area contributed by atoms with E-state index in [1.54, 1.807) is 19.2 Å². The monoisotopic (exact) mass is 267 g/mol. The van der Waals surface area contributed by atoms with Gasteiger partial charge in [0.15, 0.2) is 0 Å². The molecule has 0 unspecified atom stereocenters. The SMILES string of the molecule is COCCOCC(=O)Nc1ccc(OC(C)C)cc1. The van der Waals surface area contributed by atoms with Crippen LogP contribution in [0.15, 0.2) is 24.3 Å². The summed E-state index contributed by atoms with van der Waals surface area (Å²) in [6.07, 6.45) is 0.134. The fraction of sp³-hybridized carbons (Fsp3) is 0.500. The summed E-state index contributed by atoms with van der Waals surface area (Å²) in [7, 11) is 1.59. The molecule has 19 heavy (non-hydrogen) atoms. The zero-order valence-corrected chi connectivity index (χ0v) is 11.6. The molecule has 1 rings (SSSR count). The van der Waals surface area contributed by atoms with E-state index >= 15 is 0 Å². The highest BCUT2D eigenvalue weighted by atomic mass is 16.5. The molecule has 0 atom stereocenters. The Morgan fingerprint density at radius 1 is 1.21 bits per heavy atom. The molecule has 1 aromatic carbocycles. The average Bonchev–Trinajstić information content (AvgIpc) is 2.36. The van der Waals surface area contributed by atoms with Gasteiger partial charge in [-0.2, -0.15) is 0 Å². The van der Waals surface area contributed by atoms with Crippen LogP contribution in [-0.4, -0.2) is 38.9 Å². The van der Waals surface area contributed by atoms with Gasteiger partial charge in [-0.1, -0.05) is 0 Å². The Hall–Kier alpha value is -1.59. The maximum absolute atomic E-state index is 11.5. The van der Waals surface area contributed by atoms with Crippen molar-refractivity contribution in [1.82, 2.24) is 0 Å². The Balaban J connectivity index is 2.34. The summed E-state index contributed by atoms with van der Waals surface area (Å²) in [6, 6.07) is 7.23. The van der Waals surface area contributed by atoms with E-state index in [2.05, 4.69) is 5.32 Å². The van der Waals surface area contributed by atoms with Gasteiger partial charge < -0.3 is 19.5 Å². The first kappa shape index (κ1) is 15.5. The lowest BCUT2D eigenvalue weighted by Gasteiger charge is -2.10. The van der Waals surface area contributed by atoms with Crippen molar-refractivity contribution in [3.8, 4) is 5.75 Å². The number of nitrogens with one attached hydrogen (secondary N) is 1. The molecular weight excluding hydrogens is 246 g/mol. The Kier molecular flexibility index (Phi) is 6.92. The predicted octanol–water partition coefficient (Wildman–Crippen LogP) is 2.08. The number of carbonyl (C=O) groups excluding carboxylic acids is 1. The van der Waals surface area contributed by atoms with Crippen molar-refractivity contribution in [3.05, 3.63) is 24.3 Å². The molecule has 106 valence electrons. The maximum atomic E-state index is 11.5. The number of rotatable bonds is 8. The van der Waals surface area contributed by atoms with Crippen LogP contribution in [0.25, 0.3) is 0 Å². The Bertz CT molecular complexity index is 376. The molecule has 0 aliphatic carbocycles. The minimum atomic E-state index is -0.186. The van der Waals surface area contributed by atoms with Gasteiger partial charge in [-0.15, -0.1) is 0 Å². The molecule has 0 saturated carbocycles. The highest BCUT2D eigenvalue weighted by molar-refractivity contribution is 5.91. The topological polar surface area (TPSA) is 56.8 Å². The van der Waals surface area contributed by atoms with Crippen LogP contribution in [0.5, 0.6) is 5.75 Å². The van der Waals surface area contributed by atoms with E-state index in [1.165, 1.54) is 0 Å². The van der Waals surface area contributed by atoms with Crippen LogP contribution in [-0.2, 0) is 14.3 Å². The lowest BCUT2D eigenvalue weighted by molar-refractivity contribution is -0.121. The molecule has 1 aromatic rings. The predicted molar refractivity (Wildman–Crippen MR) is 73.5 cm³/mol. The summed E-state index contributed by atoms with van der Waals surface area (Å²) in [6.45, 7) is 4.84. The van der Waals surface area contributed by atoms with Crippen LogP contribution in [0.1, 0.15) is 13.8 Å². The Morgan fingerprint density at radius 3 is 2.47 bits per heavy atom. The van der Waals surface area contributed by atoms with E-state index in [1.807, 2.05) is 26.0 Å². The minimum Gasteiger partial charge on any atom is -0.491 e. The summed E-state index contributed by atoms with van der Waals surface area (Å²) in [5.74, 6) is 0.595. The quantitative estimate of drug-likeness (QED) is 0.733. The Labute approximate surface area is 113 Å². The number of anilines is 1. The Morgan fingerprint density at radius 2 is 1.89 bits per heavy atom. The number of ether oxygens (including phenoxy) is 3. The molecule has 0 radical (unpaired) electrons. The van der Waals surface area contributed by atoms with Gasteiger partial charge in [0.2, 0.25) is 5.91 Å². The average molecular weight is 267 g/mol. The van der Waals surface area contributed by atoms with Gasteiger partial charge in [0.25, 0.3) is 0 Å². The van der Waals surface area contributed by atoms with Crippen LogP contribution in [0.2, 0.25) is 0 Å². The molecule has 1 N–H and O–H groups in total. The van der Waals surface area contributed by atoms with E-state index in [-0.39, 0.29) is 18.6 Å². The summed E-state index contributed by atoms with van der Waals surface area (Å²) in [4.78, 5) is 11.5. The lowest BCUT2D eigenvalue weighted by Crippen LogP contribution is -2.19. The lowest BCUT2D eigenvalue weighted by atomic mass is 10.3. The first-order valence-electron chi connectivity index (χ1n) is 6.25. The first-order valence-corrected chi connectivity index (χ1v) is 6.25. The van der Waals surface area contributed by atoms with Crippen LogP contribution in [0, 0.1) is 0 Å². The third-order valence-electron chi connectivity index (χ3n) is 2.17. The molecular formula is C14H21NO4. The molecule has 0 heterocycles. The van der Waals surface area contributed by atoms with Gasteiger partial charge in [-0.05, 0) is 38.1 Å². The maximum Gasteiger partial charge on any atom is 0.250 e. The zero-order valence-electron chi connectivity index (χ0n) is 11.6. The van der Waals surface area contributed by atoms with E-state index in [0.29, 0.717) is 13.2 Å². The standard InChI is InChI=1S/C14H21NO4/c1-11(2)19-13-6-4-12(5-7-13)15-14(16)10-18-9-8-17-3/h4-7,11H,8-10H2,1-3H3,(H,15,16). The number of benzene rings is 1. The van der Waals surface area contributed by atoms with Crippen molar-refractivity contribution in [1.29, 1.82) is 0 Å². The summed E-state index contributed by atoms with van der Waals surface area (Å²) in [5, 5.41) is 2.74. The highest BCUT2D eigenvalue weighted by Crippen LogP contribution is 2.16. The van der Waals surface area contributed by atoms with Gasteiger partial charge in [0.05, 0.1) is 19.3 Å². The van der Waals surface area contributed by atoms with Crippen LogP contribution >= 0.6 is 0 Å². The second kappa shape index (κ2) is 8.50. The molecule has 1 amide bonds. The molecule has 5 heteroatoms. The number of hydrogen-bond donors (Lipinski definition) is 1. The summed E-state index contributed by atoms with van der Waals surface area (Å²) in [5.41, 5.74) is 0.719. The molecule has 0 aromatic heterocycles. The second-order valence-corrected chi connectivity index (χ2v) is 4.28.